The Hall–Kier alpha value is -3.19. The van der Waals surface area contributed by atoms with Crippen LogP contribution in [0.3, 0.4) is 0 Å². The lowest BCUT2D eigenvalue weighted by atomic mass is 10.2. The van der Waals surface area contributed by atoms with Crippen LogP contribution in [0.4, 0.5) is 15.0 Å². The number of thiazole rings is 1. The number of carboxylic acid groups (broad SMARTS) is 1. The first-order chi connectivity index (χ1) is 15.7. The number of ether oxygens (including phenoxy) is 1. The van der Waals surface area contributed by atoms with Gasteiger partial charge in [-0.3, -0.25) is 0 Å². The van der Waals surface area contributed by atoms with Crippen LogP contribution in [-0.4, -0.2) is 29.6 Å². The number of benzene rings is 1. The fourth-order valence-electron chi connectivity index (χ4n) is 2.74. The molecule has 0 aliphatic rings. The van der Waals surface area contributed by atoms with Gasteiger partial charge in [0.1, 0.15) is 27.3 Å². The lowest BCUT2D eigenvalue weighted by molar-refractivity contribution is 0.206. The highest BCUT2D eigenvalue weighted by atomic mass is 35.5. The number of amides is 1. The van der Waals surface area contributed by atoms with Gasteiger partial charge in [0.05, 0.1) is 23.1 Å². The zero-order valence-corrected chi connectivity index (χ0v) is 19.1. The summed E-state index contributed by atoms with van der Waals surface area (Å²) in [6, 6.07) is 5.98. The summed E-state index contributed by atoms with van der Waals surface area (Å²) in [6.45, 7) is 0. The molecular formula is C19H10Cl2FN3O6S2. The minimum Gasteiger partial charge on any atom is -0.472 e. The zero-order chi connectivity index (χ0) is 23.8. The van der Waals surface area contributed by atoms with Crippen molar-refractivity contribution in [1.29, 1.82) is 0 Å². The summed E-state index contributed by atoms with van der Waals surface area (Å²) in [6.07, 6.45) is 0.932. The van der Waals surface area contributed by atoms with E-state index in [4.69, 9.17) is 32.4 Å². The molecule has 14 heteroatoms. The van der Waals surface area contributed by atoms with Gasteiger partial charge in [0.25, 0.3) is 10.0 Å². The monoisotopic (exact) mass is 529 g/mol. The highest BCUT2D eigenvalue weighted by molar-refractivity contribution is 7.93. The number of furan rings is 1. The first-order valence-corrected chi connectivity index (χ1v) is 11.8. The molecule has 9 nitrogen and oxygen atoms in total. The van der Waals surface area contributed by atoms with Gasteiger partial charge in [0.15, 0.2) is 11.6 Å². The Kier molecular flexibility index (Phi) is 6.26. The average Bonchev–Trinajstić information content (AvgIpc) is 3.45. The van der Waals surface area contributed by atoms with Crippen molar-refractivity contribution < 1.29 is 31.9 Å². The molecule has 0 bridgehead atoms. The van der Waals surface area contributed by atoms with E-state index in [0.717, 1.165) is 23.5 Å². The van der Waals surface area contributed by atoms with Gasteiger partial charge in [-0.1, -0.05) is 23.2 Å². The summed E-state index contributed by atoms with van der Waals surface area (Å²) in [5, 5.41) is 10.4. The normalized spacial score (nSPS) is 11.4. The standard InChI is InChI=1S/C19H10Cl2FN3O6S2/c20-11-5-15(33(28,29)25(19(26)27)17-8-32-9-23-17)12(22)6-14(11)31-13-1-2-16(21)24-18(13)10-3-4-30-7-10/h1-9H,(H,26,27). The van der Waals surface area contributed by atoms with Gasteiger partial charge >= 0.3 is 6.09 Å². The van der Waals surface area contributed by atoms with E-state index in [2.05, 4.69) is 9.97 Å². The maximum atomic E-state index is 14.9. The molecule has 0 fully saturated rings. The molecule has 4 aromatic rings. The number of rotatable bonds is 6. The number of aromatic nitrogens is 2. The van der Waals surface area contributed by atoms with Crippen molar-refractivity contribution in [2.24, 2.45) is 0 Å². The number of halogens is 3. The lowest BCUT2D eigenvalue weighted by Gasteiger charge is -2.18. The van der Waals surface area contributed by atoms with E-state index >= 15 is 0 Å². The second-order valence-corrected chi connectivity index (χ2v) is 9.47. The van der Waals surface area contributed by atoms with Gasteiger partial charge in [-0.05, 0) is 24.3 Å². The van der Waals surface area contributed by atoms with E-state index in [1.54, 1.807) is 6.07 Å². The van der Waals surface area contributed by atoms with Crippen LogP contribution in [0.15, 0.2) is 63.1 Å². The third-order valence-corrected chi connectivity index (χ3v) is 6.92. The molecule has 4 rings (SSSR count). The van der Waals surface area contributed by atoms with Gasteiger partial charge in [-0.2, -0.15) is 0 Å². The molecule has 3 aromatic heterocycles. The molecule has 3 heterocycles. The summed E-state index contributed by atoms with van der Waals surface area (Å²) in [5.41, 5.74) is 2.02. The van der Waals surface area contributed by atoms with Crippen LogP contribution in [0.2, 0.25) is 10.2 Å². The Morgan fingerprint density at radius 2 is 2.00 bits per heavy atom. The van der Waals surface area contributed by atoms with Crippen molar-refractivity contribution in [3.63, 3.8) is 0 Å². The van der Waals surface area contributed by atoms with E-state index < -0.39 is 32.6 Å². The van der Waals surface area contributed by atoms with E-state index in [-0.39, 0.29) is 31.7 Å². The topological polar surface area (TPSA) is 123 Å². The number of nitrogens with zero attached hydrogens (tertiary/aromatic N) is 3. The Balaban J connectivity index is 1.74. The van der Waals surface area contributed by atoms with Crippen molar-refractivity contribution in [2.75, 3.05) is 4.31 Å². The number of hydrogen-bond donors (Lipinski definition) is 1. The summed E-state index contributed by atoms with van der Waals surface area (Å²) >= 11 is 13.1. The molecule has 0 unspecified atom stereocenters. The molecule has 0 saturated heterocycles. The molecule has 0 saturated carbocycles. The fourth-order valence-corrected chi connectivity index (χ4v) is 5.06. The van der Waals surface area contributed by atoms with Crippen molar-refractivity contribution in [3.05, 3.63) is 69.7 Å². The highest BCUT2D eigenvalue weighted by Crippen LogP contribution is 2.38. The SMILES string of the molecule is O=C(O)N(c1cscn1)S(=O)(=O)c1cc(Cl)c(Oc2ccc(Cl)nc2-c2ccoc2)cc1F. The summed E-state index contributed by atoms with van der Waals surface area (Å²) in [7, 11) is -4.89. The van der Waals surface area contributed by atoms with Gasteiger partial charge in [0.2, 0.25) is 0 Å². The second kappa shape index (κ2) is 8.98. The summed E-state index contributed by atoms with van der Waals surface area (Å²) in [4.78, 5) is 18.5. The molecule has 0 radical (unpaired) electrons. The molecule has 0 atom stereocenters. The van der Waals surface area contributed by atoms with E-state index in [9.17, 15) is 22.7 Å². The molecule has 0 aliphatic carbocycles. The summed E-state index contributed by atoms with van der Waals surface area (Å²) < 4.78 is 51.4. The maximum Gasteiger partial charge on any atom is 0.427 e. The van der Waals surface area contributed by atoms with Crippen LogP contribution in [0.25, 0.3) is 11.3 Å². The van der Waals surface area contributed by atoms with E-state index in [0.29, 0.717) is 5.56 Å². The third-order valence-electron chi connectivity index (χ3n) is 4.14. The fraction of sp³-hybridized carbons (Fsp3) is 0. The molecule has 1 N–H and O–H groups in total. The summed E-state index contributed by atoms with van der Waals surface area (Å²) in [5.74, 6) is -1.80. The van der Waals surface area contributed by atoms with Crippen LogP contribution in [0, 0.1) is 5.82 Å². The Morgan fingerprint density at radius 1 is 1.21 bits per heavy atom. The second-order valence-electron chi connectivity index (χ2n) is 6.21. The molecule has 1 amide bonds. The van der Waals surface area contributed by atoms with Crippen molar-refractivity contribution >= 4 is 56.5 Å². The lowest BCUT2D eigenvalue weighted by Crippen LogP contribution is -2.36. The first kappa shape index (κ1) is 23.0. The number of carbonyl (C=O) groups is 1. The Labute approximate surface area is 199 Å². The van der Waals surface area contributed by atoms with Gasteiger partial charge in [-0.25, -0.2) is 27.6 Å². The highest BCUT2D eigenvalue weighted by Gasteiger charge is 2.35. The smallest absolute Gasteiger partial charge is 0.427 e. The largest absolute Gasteiger partial charge is 0.472 e. The number of pyridine rings is 1. The number of hydrogen-bond acceptors (Lipinski definition) is 8. The predicted octanol–water partition coefficient (Wildman–Crippen LogP) is 5.91. The van der Waals surface area contributed by atoms with Gasteiger partial charge < -0.3 is 14.3 Å². The zero-order valence-electron chi connectivity index (χ0n) is 16.0. The average molecular weight is 530 g/mol. The quantitative estimate of drug-likeness (QED) is 0.305. The van der Waals surface area contributed by atoms with Crippen LogP contribution in [0.5, 0.6) is 11.5 Å². The third kappa shape index (κ3) is 4.50. The molecule has 33 heavy (non-hydrogen) atoms. The minimum absolute atomic E-state index is 0.0428. The van der Waals surface area contributed by atoms with Crippen molar-refractivity contribution in [2.45, 2.75) is 4.90 Å². The van der Waals surface area contributed by atoms with Gasteiger partial charge in [-0.15, -0.1) is 15.6 Å². The van der Waals surface area contributed by atoms with Crippen LogP contribution >= 0.6 is 34.5 Å². The molecule has 0 spiro atoms. The number of anilines is 1. The van der Waals surface area contributed by atoms with E-state index in [1.165, 1.54) is 35.5 Å². The minimum atomic E-state index is -4.89. The molecule has 1 aromatic carbocycles. The first-order valence-electron chi connectivity index (χ1n) is 8.71. The van der Waals surface area contributed by atoms with E-state index in [1.807, 2.05) is 0 Å². The number of sulfonamides is 1. The molecule has 0 aliphatic heterocycles. The van der Waals surface area contributed by atoms with Crippen LogP contribution < -0.4 is 9.04 Å². The molecule has 170 valence electrons. The molecular weight excluding hydrogens is 520 g/mol. The van der Waals surface area contributed by atoms with Crippen LogP contribution in [0.1, 0.15) is 0 Å². The Morgan fingerprint density at radius 3 is 2.64 bits per heavy atom. The van der Waals surface area contributed by atoms with Crippen LogP contribution in [-0.2, 0) is 10.0 Å². The van der Waals surface area contributed by atoms with Crippen molar-refractivity contribution in [3.8, 4) is 22.8 Å². The van der Waals surface area contributed by atoms with Crippen molar-refractivity contribution in [1.82, 2.24) is 9.97 Å². The van der Waals surface area contributed by atoms with Gasteiger partial charge in [0, 0.05) is 17.0 Å². The maximum absolute atomic E-state index is 14.9. The Bertz CT molecular complexity index is 1430. The predicted molar refractivity (Wildman–Crippen MR) is 118 cm³/mol.